The molecule has 1 aromatic carbocycles. The Kier molecular flexibility index (Phi) is 6.83. The lowest BCUT2D eigenvalue weighted by atomic mass is 10.1. The predicted molar refractivity (Wildman–Crippen MR) is 76.8 cm³/mol. The fourth-order valence-electron chi connectivity index (χ4n) is 1.65. The molecule has 1 unspecified atom stereocenters. The fraction of sp³-hybridized carbons (Fsp3) is 0.385. The Morgan fingerprint density at radius 1 is 1.40 bits per heavy atom. The molecule has 0 fully saturated rings. The summed E-state index contributed by atoms with van der Waals surface area (Å²) in [6.07, 6.45) is 2.09. The van der Waals surface area contributed by atoms with E-state index < -0.39 is 18.0 Å². The summed E-state index contributed by atoms with van der Waals surface area (Å²) in [5.74, 6) is -0.639. The topological polar surface area (TPSA) is 90.5 Å². The molecule has 7 heteroatoms. The van der Waals surface area contributed by atoms with Gasteiger partial charge in [0.1, 0.15) is 6.04 Å². The van der Waals surface area contributed by atoms with Gasteiger partial charge < -0.3 is 10.6 Å². The van der Waals surface area contributed by atoms with Crippen molar-refractivity contribution in [2.24, 2.45) is 0 Å². The van der Waals surface area contributed by atoms with Gasteiger partial charge >= 0.3 is 6.03 Å². The third kappa shape index (κ3) is 5.46. The molecule has 4 N–H and O–H groups in total. The van der Waals surface area contributed by atoms with Crippen LogP contribution in [-0.2, 0) is 4.79 Å². The molecule has 0 saturated carbocycles. The summed E-state index contributed by atoms with van der Waals surface area (Å²) in [7, 11) is 0. The molecular formula is C13H18ClN3O3. The number of rotatable bonds is 6. The normalized spacial score (nSPS) is 11.6. The summed E-state index contributed by atoms with van der Waals surface area (Å²) in [6, 6.07) is 5.35. The largest absolute Gasteiger partial charge is 0.326 e. The zero-order valence-electron chi connectivity index (χ0n) is 11.1. The maximum atomic E-state index is 11.8. The van der Waals surface area contributed by atoms with Gasteiger partial charge in [0, 0.05) is 10.7 Å². The lowest BCUT2D eigenvalue weighted by Crippen LogP contribution is -2.47. The number of anilines is 1. The lowest BCUT2D eigenvalue weighted by molar-refractivity contribution is -0.131. The molecule has 0 saturated heterocycles. The Morgan fingerprint density at radius 3 is 2.75 bits per heavy atom. The van der Waals surface area contributed by atoms with Crippen molar-refractivity contribution in [3.05, 3.63) is 29.3 Å². The molecule has 6 nitrogen and oxygen atoms in total. The Balaban J connectivity index is 2.59. The van der Waals surface area contributed by atoms with Gasteiger partial charge in [-0.3, -0.25) is 10.0 Å². The van der Waals surface area contributed by atoms with E-state index in [1.54, 1.807) is 29.7 Å². The average molecular weight is 300 g/mol. The van der Waals surface area contributed by atoms with Crippen LogP contribution in [0.5, 0.6) is 0 Å². The van der Waals surface area contributed by atoms with Crippen LogP contribution < -0.4 is 16.1 Å². The van der Waals surface area contributed by atoms with Crippen LogP contribution in [0.15, 0.2) is 24.3 Å². The van der Waals surface area contributed by atoms with E-state index >= 15 is 0 Å². The number of halogens is 1. The molecule has 1 atom stereocenters. The van der Waals surface area contributed by atoms with Crippen LogP contribution in [0, 0.1) is 0 Å². The van der Waals surface area contributed by atoms with Gasteiger partial charge in [-0.15, -0.1) is 0 Å². The number of urea groups is 1. The highest BCUT2D eigenvalue weighted by atomic mass is 35.5. The quantitative estimate of drug-likeness (QED) is 0.480. The van der Waals surface area contributed by atoms with Crippen molar-refractivity contribution in [2.75, 3.05) is 5.32 Å². The van der Waals surface area contributed by atoms with E-state index in [1.165, 1.54) is 0 Å². The molecule has 0 spiro atoms. The highest BCUT2D eigenvalue weighted by Gasteiger charge is 2.19. The number of unbranched alkanes of at least 4 members (excludes halogenated alkanes) is 1. The van der Waals surface area contributed by atoms with Gasteiger partial charge in [-0.1, -0.05) is 37.4 Å². The van der Waals surface area contributed by atoms with E-state index in [2.05, 4.69) is 10.6 Å². The second-order valence-corrected chi connectivity index (χ2v) is 4.72. The van der Waals surface area contributed by atoms with E-state index in [9.17, 15) is 9.59 Å². The summed E-state index contributed by atoms with van der Waals surface area (Å²) in [6.45, 7) is 1.97. The summed E-state index contributed by atoms with van der Waals surface area (Å²) < 4.78 is 0. The highest BCUT2D eigenvalue weighted by molar-refractivity contribution is 6.30. The third-order valence-electron chi connectivity index (χ3n) is 2.66. The standard InChI is InChI=1S/C13H18ClN3O3/c1-2-3-7-11(12(18)17-20)16-13(19)15-10-6-4-5-9(14)8-10/h4-6,8,11,20H,2-3,7H2,1H3,(H,17,18)(H2,15,16,19). The fourth-order valence-corrected chi connectivity index (χ4v) is 1.84. The zero-order valence-corrected chi connectivity index (χ0v) is 11.9. The van der Waals surface area contributed by atoms with Crippen LogP contribution in [0.25, 0.3) is 0 Å². The number of hydrogen-bond donors (Lipinski definition) is 4. The first-order valence-electron chi connectivity index (χ1n) is 6.33. The van der Waals surface area contributed by atoms with Crippen molar-refractivity contribution in [1.29, 1.82) is 0 Å². The Hall–Kier alpha value is -1.79. The van der Waals surface area contributed by atoms with Crippen LogP contribution in [0.2, 0.25) is 5.02 Å². The SMILES string of the molecule is CCCCC(NC(=O)Nc1cccc(Cl)c1)C(=O)NO. The molecule has 0 bridgehead atoms. The van der Waals surface area contributed by atoms with Gasteiger partial charge in [-0.25, -0.2) is 10.3 Å². The first kappa shape index (κ1) is 16.3. The van der Waals surface area contributed by atoms with Gasteiger partial charge in [-0.2, -0.15) is 0 Å². The molecule has 110 valence electrons. The molecule has 20 heavy (non-hydrogen) atoms. The van der Waals surface area contributed by atoms with Crippen molar-refractivity contribution in [1.82, 2.24) is 10.8 Å². The van der Waals surface area contributed by atoms with E-state index in [0.29, 0.717) is 17.1 Å². The van der Waals surface area contributed by atoms with E-state index in [1.807, 2.05) is 6.92 Å². The van der Waals surface area contributed by atoms with Crippen LogP contribution in [-0.4, -0.2) is 23.2 Å². The van der Waals surface area contributed by atoms with E-state index in [-0.39, 0.29) is 0 Å². The van der Waals surface area contributed by atoms with Gasteiger partial charge in [0.15, 0.2) is 0 Å². The second-order valence-electron chi connectivity index (χ2n) is 4.28. The number of amides is 3. The highest BCUT2D eigenvalue weighted by Crippen LogP contribution is 2.14. The van der Waals surface area contributed by atoms with Crippen molar-refractivity contribution >= 4 is 29.2 Å². The van der Waals surface area contributed by atoms with Gasteiger partial charge in [0.05, 0.1) is 0 Å². The summed E-state index contributed by atoms with van der Waals surface area (Å²) in [4.78, 5) is 23.2. The second kappa shape index (κ2) is 8.39. The van der Waals surface area contributed by atoms with Crippen LogP contribution in [0.4, 0.5) is 10.5 Å². The van der Waals surface area contributed by atoms with Crippen molar-refractivity contribution in [3.63, 3.8) is 0 Å². The van der Waals surface area contributed by atoms with Crippen molar-refractivity contribution in [3.8, 4) is 0 Å². The summed E-state index contributed by atoms with van der Waals surface area (Å²) in [5.41, 5.74) is 2.07. The van der Waals surface area contributed by atoms with Gasteiger partial charge in [0.25, 0.3) is 5.91 Å². The molecular weight excluding hydrogens is 282 g/mol. The predicted octanol–water partition coefficient (Wildman–Crippen LogP) is 2.53. The Bertz CT molecular complexity index is 468. The number of carbonyl (C=O) groups is 2. The van der Waals surface area contributed by atoms with Crippen LogP contribution in [0.3, 0.4) is 0 Å². The Morgan fingerprint density at radius 2 is 2.15 bits per heavy atom. The molecule has 0 aliphatic carbocycles. The molecule has 0 aliphatic heterocycles. The van der Waals surface area contributed by atoms with Gasteiger partial charge in [0.2, 0.25) is 0 Å². The Labute approximate surface area is 122 Å². The monoisotopic (exact) mass is 299 g/mol. The van der Waals surface area contributed by atoms with Crippen LogP contribution in [0.1, 0.15) is 26.2 Å². The number of benzene rings is 1. The van der Waals surface area contributed by atoms with Crippen molar-refractivity contribution in [2.45, 2.75) is 32.2 Å². The number of hydroxylamine groups is 1. The smallest absolute Gasteiger partial charge is 0.319 e. The molecule has 0 aliphatic rings. The molecule has 0 aromatic heterocycles. The number of nitrogens with one attached hydrogen (secondary N) is 3. The third-order valence-corrected chi connectivity index (χ3v) is 2.90. The first-order valence-corrected chi connectivity index (χ1v) is 6.71. The molecule has 1 rings (SSSR count). The minimum Gasteiger partial charge on any atom is -0.326 e. The maximum Gasteiger partial charge on any atom is 0.319 e. The summed E-state index contributed by atoms with van der Waals surface area (Å²) in [5, 5.41) is 14.2. The maximum absolute atomic E-state index is 11.8. The molecule has 0 radical (unpaired) electrons. The lowest BCUT2D eigenvalue weighted by Gasteiger charge is -2.16. The summed E-state index contributed by atoms with van der Waals surface area (Å²) >= 11 is 5.81. The molecule has 1 aromatic rings. The number of carbonyl (C=O) groups excluding carboxylic acids is 2. The minimum absolute atomic E-state index is 0.450. The first-order chi connectivity index (χ1) is 9.56. The molecule has 0 heterocycles. The van der Waals surface area contributed by atoms with E-state index in [4.69, 9.17) is 16.8 Å². The zero-order chi connectivity index (χ0) is 15.0. The number of hydrogen-bond acceptors (Lipinski definition) is 3. The van der Waals surface area contributed by atoms with E-state index in [0.717, 1.165) is 12.8 Å². The van der Waals surface area contributed by atoms with Crippen LogP contribution >= 0.6 is 11.6 Å². The van der Waals surface area contributed by atoms with Gasteiger partial charge in [-0.05, 0) is 24.6 Å². The average Bonchev–Trinajstić information content (AvgIpc) is 2.42. The van der Waals surface area contributed by atoms with Crippen molar-refractivity contribution < 1.29 is 14.8 Å². The molecule has 3 amide bonds. The minimum atomic E-state index is -0.779.